The summed E-state index contributed by atoms with van der Waals surface area (Å²) in [6.45, 7) is 7.81. The van der Waals surface area contributed by atoms with Crippen LogP contribution in [0.4, 0.5) is 0 Å². The van der Waals surface area contributed by atoms with E-state index >= 15 is 0 Å². The molecule has 132 valence electrons. The number of aryl methyl sites for hydroxylation is 2. The Morgan fingerprint density at radius 3 is 2.88 bits per heavy atom. The number of piperidine rings is 1. The van der Waals surface area contributed by atoms with Crippen molar-refractivity contribution in [3.63, 3.8) is 0 Å². The Bertz CT molecular complexity index is 770. The van der Waals surface area contributed by atoms with Crippen LogP contribution < -0.4 is 5.32 Å². The van der Waals surface area contributed by atoms with E-state index in [1.165, 1.54) is 17.5 Å². The van der Waals surface area contributed by atoms with E-state index in [4.69, 9.17) is 0 Å². The average molecular weight is 356 g/mol. The van der Waals surface area contributed by atoms with Crippen molar-refractivity contribution < 1.29 is 4.79 Å². The standard InChI is InChI=1S/C20H25N3OS/c1-14-3-5-16(6-4-14)20-9-17(20)12-23(13-20)8-7-19(24)22-11-18-10-21-15(2)25-18/h3-6,10,17H,7-9,11-13H2,1-2H3,(H,22,24)/t17-,20+/m0/s1. The summed E-state index contributed by atoms with van der Waals surface area (Å²) in [6.07, 6.45) is 3.73. The minimum Gasteiger partial charge on any atom is -0.351 e. The van der Waals surface area contributed by atoms with Crippen molar-refractivity contribution in [2.75, 3.05) is 19.6 Å². The first kappa shape index (κ1) is 16.7. The van der Waals surface area contributed by atoms with Crippen LogP contribution in [0.2, 0.25) is 0 Å². The van der Waals surface area contributed by atoms with Gasteiger partial charge >= 0.3 is 0 Å². The second-order valence-electron chi connectivity index (χ2n) is 7.53. The fourth-order valence-corrected chi connectivity index (χ4v) is 4.85. The summed E-state index contributed by atoms with van der Waals surface area (Å²) in [5.41, 5.74) is 3.17. The molecule has 1 aromatic heterocycles. The Morgan fingerprint density at radius 2 is 2.16 bits per heavy atom. The van der Waals surface area contributed by atoms with Gasteiger partial charge in [-0.15, -0.1) is 11.3 Å². The van der Waals surface area contributed by atoms with Gasteiger partial charge in [-0.05, 0) is 31.7 Å². The van der Waals surface area contributed by atoms with E-state index in [9.17, 15) is 4.79 Å². The van der Waals surface area contributed by atoms with Crippen molar-refractivity contribution in [3.05, 3.63) is 51.5 Å². The van der Waals surface area contributed by atoms with Gasteiger partial charge in [-0.1, -0.05) is 29.8 Å². The molecule has 1 aliphatic carbocycles. The smallest absolute Gasteiger partial charge is 0.221 e. The molecular formula is C20H25N3OS. The number of amides is 1. The van der Waals surface area contributed by atoms with E-state index in [-0.39, 0.29) is 5.91 Å². The Kier molecular flexibility index (Phi) is 4.38. The normalized spacial score (nSPS) is 25.0. The summed E-state index contributed by atoms with van der Waals surface area (Å²) < 4.78 is 0. The van der Waals surface area contributed by atoms with Crippen LogP contribution in [0.3, 0.4) is 0 Å². The molecular weight excluding hydrogens is 330 g/mol. The molecule has 1 aromatic carbocycles. The van der Waals surface area contributed by atoms with Crippen LogP contribution in [-0.4, -0.2) is 35.4 Å². The van der Waals surface area contributed by atoms with Crippen LogP contribution in [0.1, 0.15) is 33.9 Å². The average Bonchev–Trinajstić information content (AvgIpc) is 2.95. The van der Waals surface area contributed by atoms with Crippen molar-refractivity contribution in [2.24, 2.45) is 5.92 Å². The van der Waals surface area contributed by atoms with Crippen LogP contribution >= 0.6 is 11.3 Å². The van der Waals surface area contributed by atoms with Gasteiger partial charge in [0, 0.05) is 42.5 Å². The molecule has 2 aliphatic rings. The van der Waals surface area contributed by atoms with Crippen LogP contribution in [0, 0.1) is 19.8 Å². The number of nitrogens with one attached hydrogen (secondary N) is 1. The molecule has 1 amide bonds. The molecule has 4 rings (SSSR count). The molecule has 25 heavy (non-hydrogen) atoms. The number of benzene rings is 1. The summed E-state index contributed by atoms with van der Waals surface area (Å²) in [4.78, 5) is 19.9. The molecule has 0 spiro atoms. The molecule has 2 heterocycles. The Labute approximate surface area is 153 Å². The molecule has 0 bridgehead atoms. The van der Waals surface area contributed by atoms with Gasteiger partial charge in [0.1, 0.15) is 0 Å². The topological polar surface area (TPSA) is 45.2 Å². The number of carbonyl (C=O) groups excluding carboxylic acids is 1. The lowest BCUT2D eigenvalue weighted by Gasteiger charge is -2.21. The van der Waals surface area contributed by atoms with Crippen molar-refractivity contribution in [1.82, 2.24) is 15.2 Å². The van der Waals surface area contributed by atoms with E-state index in [0.29, 0.717) is 18.4 Å². The van der Waals surface area contributed by atoms with E-state index in [0.717, 1.165) is 35.4 Å². The first-order chi connectivity index (χ1) is 12.0. The second kappa shape index (κ2) is 6.54. The van der Waals surface area contributed by atoms with Gasteiger partial charge in [0.05, 0.1) is 11.6 Å². The van der Waals surface area contributed by atoms with E-state index in [2.05, 4.69) is 46.4 Å². The summed E-state index contributed by atoms with van der Waals surface area (Å²) in [5.74, 6) is 0.912. The van der Waals surface area contributed by atoms with Crippen molar-refractivity contribution in [2.45, 2.75) is 38.6 Å². The molecule has 4 nitrogen and oxygen atoms in total. The number of nitrogens with zero attached hydrogens (tertiary/aromatic N) is 2. The first-order valence-electron chi connectivity index (χ1n) is 9.03. The van der Waals surface area contributed by atoms with Crippen molar-refractivity contribution >= 4 is 17.2 Å². The number of hydrogen-bond donors (Lipinski definition) is 1. The van der Waals surface area contributed by atoms with Gasteiger partial charge in [-0.3, -0.25) is 4.79 Å². The highest BCUT2D eigenvalue weighted by Crippen LogP contribution is 2.58. The quantitative estimate of drug-likeness (QED) is 0.866. The predicted molar refractivity (Wildman–Crippen MR) is 101 cm³/mol. The Hall–Kier alpha value is -1.72. The van der Waals surface area contributed by atoms with Crippen LogP contribution in [0.25, 0.3) is 0 Å². The van der Waals surface area contributed by atoms with Crippen molar-refractivity contribution in [1.29, 1.82) is 0 Å². The number of rotatable bonds is 6. The third-order valence-corrected chi connectivity index (χ3v) is 6.54. The molecule has 0 radical (unpaired) electrons. The lowest BCUT2D eigenvalue weighted by atomic mass is 9.94. The summed E-state index contributed by atoms with van der Waals surface area (Å²) in [5, 5.41) is 4.05. The van der Waals surface area contributed by atoms with Crippen LogP contribution in [0.15, 0.2) is 30.5 Å². The number of carbonyl (C=O) groups is 1. The minimum absolute atomic E-state index is 0.135. The van der Waals surface area contributed by atoms with Gasteiger partial charge in [0.2, 0.25) is 5.91 Å². The highest BCUT2D eigenvalue weighted by molar-refractivity contribution is 7.11. The second-order valence-corrected chi connectivity index (χ2v) is 8.85. The maximum absolute atomic E-state index is 12.1. The number of likely N-dealkylation sites (tertiary alicyclic amines) is 1. The van der Waals surface area contributed by atoms with Crippen LogP contribution in [-0.2, 0) is 16.8 Å². The molecule has 2 fully saturated rings. The van der Waals surface area contributed by atoms with Gasteiger partial charge in [-0.25, -0.2) is 4.98 Å². The lowest BCUT2D eigenvalue weighted by molar-refractivity contribution is -0.121. The molecule has 2 aromatic rings. The molecule has 5 heteroatoms. The summed E-state index contributed by atoms with van der Waals surface area (Å²) in [7, 11) is 0. The van der Waals surface area contributed by atoms with E-state index in [1.807, 2.05) is 13.1 Å². The van der Waals surface area contributed by atoms with Gasteiger partial charge in [0.15, 0.2) is 0 Å². The zero-order chi connectivity index (χ0) is 17.4. The largest absolute Gasteiger partial charge is 0.351 e. The highest BCUT2D eigenvalue weighted by Gasteiger charge is 2.60. The fourth-order valence-electron chi connectivity index (χ4n) is 4.11. The highest BCUT2D eigenvalue weighted by atomic mass is 32.1. The molecule has 1 N–H and O–H groups in total. The molecule has 0 unspecified atom stereocenters. The zero-order valence-electron chi connectivity index (χ0n) is 14.9. The monoisotopic (exact) mass is 355 g/mol. The molecule has 1 aliphatic heterocycles. The van der Waals surface area contributed by atoms with Gasteiger partial charge in [-0.2, -0.15) is 0 Å². The Balaban J connectivity index is 1.25. The number of thiazole rings is 1. The molecule has 1 saturated carbocycles. The SMILES string of the molecule is Cc1ccc([C@]23C[C@H]2CN(CCC(=O)NCc2cnc(C)s2)C3)cc1. The summed E-state index contributed by atoms with van der Waals surface area (Å²) >= 11 is 1.64. The van der Waals surface area contributed by atoms with Crippen molar-refractivity contribution in [3.8, 4) is 0 Å². The Morgan fingerprint density at radius 1 is 1.36 bits per heavy atom. The number of aromatic nitrogens is 1. The maximum atomic E-state index is 12.1. The van der Waals surface area contributed by atoms with E-state index in [1.54, 1.807) is 11.3 Å². The predicted octanol–water partition coefficient (Wildman–Crippen LogP) is 3.04. The lowest BCUT2D eigenvalue weighted by Crippen LogP contribution is -2.32. The van der Waals surface area contributed by atoms with Crippen LogP contribution in [0.5, 0.6) is 0 Å². The zero-order valence-corrected chi connectivity index (χ0v) is 15.7. The first-order valence-corrected chi connectivity index (χ1v) is 9.84. The van der Waals surface area contributed by atoms with Gasteiger partial charge in [0.25, 0.3) is 0 Å². The van der Waals surface area contributed by atoms with E-state index < -0.39 is 0 Å². The van der Waals surface area contributed by atoms with Gasteiger partial charge < -0.3 is 10.2 Å². The number of hydrogen-bond acceptors (Lipinski definition) is 4. The fraction of sp³-hybridized carbons (Fsp3) is 0.500. The number of fused-ring (bicyclic) bond motifs is 1. The third-order valence-electron chi connectivity index (χ3n) is 5.63. The summed E-state index contributed by atoms with van der Waals surface area (Å²) in [6, 6.07) is 9.03. The maximum Gasteiger partial charge on any atom is 0.221 e. The third kappa shape index (κ3) is 3.48. The minimum atomic E-state index is 0.135. The molecule has 2 atom stereocenters. The molecule has 1 saturated heterocycles.